The van der Waals surface area contributed by atoms with Crippen LogP contribution >= 0.6 is 0 Å². The van der Waals surface area contributed by atoms with E-state index in [0.29, 0.717) is 5.57 Å². The zero-order chi connectivity index (χ0) is 5.86. The lowest BCUT2D eigenvalue weighted by Gasteiger charge is -1.87. The van der Waals surface area contributed by atoms with Crippen molar-refractivity contribution in [3.05, 3.63) is 24.3 Å². The first-order valence-electron chi connectivity index (χ1n) is 2.00. The van der Waals surface area contributed by atoms with Crippen LogP contribution in [0.5, 0.6) is 0 Å². The maximum atomic E-state index is 4.96. The molecule has 0 heterocycles. The molecule has 0 fully saturated rings. The number of allylic oxidation sites excluding steroid dienone is 2. The van der Waals surface area contributed by atoms with Crippen LogP contribution in [-0.2, 0) is 0 Å². The maximum Gasteiger partial charge on any atom is 0.0194 e. The summed E-state index contributed by atoms with van der Waals surface area (Å²) in [7, 11) is 0. The first-order valence-corrected chi connectivity index (χ1v) is 2.00. The molecule has 0 aromatic carbocycles. The van der Waals surface area contributed by atoms with E-state index in [-0.39, 0.29) is 0 Å². The summed E-state index contributed by atoms with van der Waals surface area (Å²) in [6, 6.07) is 0. The molecule has 0 unspecified atom stereocenters. The van der Waals surface area contributed by atoms with Crippen molar-refractivity contribution in [1.29, 1.82) is 0 Å². The van der Waals surface area contributed by atoms with Crippen LogP contribution in [0.25, 0.3) is 0 Å². The summed E-state index contributed by atoms with van der Waals surface area (Å²) >= 11 is 0. The van der Waals surface area contributed by atoms with Crippen molar-refractivity contribution >= 4 is 0 Å². The molecule has 0 heteroatoms. The normalized spacial score (nSPS) is 6.86. The number of terminal acetylenes is 1. The van der Waals surface area contributed by atoms with Gasteiger partial charge in [0.15, 0.2) is 0 Å². The highest BCUT2D eigenvalue weighted by molar-refractivity contribution is 5.38. The highest BCUT2D eigenvalue weighted by atomic mass is 13.9. The second-order valence-electron chi connectivity index (χ2n) is 1.40. The molecule has 0 rings (SSSR count). The zero-order valence-electron chi connectivity index (χ0n) is 4.49. The molecule has 0 nitrogen and oxygen atoms in total. The maximum absolute atomic E-state index is 4.96. The summed E-state index contributed by atoms with van der Waals surface area (Å²) in [5, 5.41) is 0. The third-order valence-corrected chi connectivity index (χ3v) is 0.689. The quantitative estimate of drug-likeness (QED) is 0.341. The lowest BCUT2D eigenvalue weighted by atomic mass is 10.2. The van der Waals surface area contributed by atoms with Crippen LogP contribution in [0.3, 0.4) is 0 Å². The molecule has 0 amide bonds. The molecule has 7 heavy (non-hydrogen) atoms. The largest absolute Gasteiger partial charge is 0.115 e. The highest BCUT2D eigenvalue weighted by Crippen LogP contribution is 1.98. The van der Waals surface area contributed by atoms with Crippen molar-refractivity contribution < 1.29 is 0 Å². The van der Waals surface area contributed by atoms with Crippen molar-refractivity contribution in [2.24, 2.45) is 0 Å². The Labute approximate surface area is 44.5 Å². The van der Waals surface area contributed by atoms with Gasteiger partial charge in [0, 0.05) is 5.57 Å². The van der Waals surface area contributed by atoms with Gasteiger partial charge in [0.2, 0.25) is 0 Å². The molecule has 0 bridgehead atoms. The first-order chi connectivity index (χ1) is 3.18. The van der Waals surface area contributed by atoms with E-state index in [9.17, 15) is 0 Å². The minimum atomic E-state index is 0.681. The second-order valence-corrected chi connectivity index (χ2v) is 1.40. The van der Waals surface area contributed by atoms with Crippen molar-refractivity contribution in [3.8, 4) is 12.3 Å². The lowest BCUT2D eigenvalue weighted by Crippen LogP contribution is -1.71. The van der Waals surface area contributed by atoms with E-state index in [4.69, 9.17) is 6.42 Å². The molecule has 0 aliphatic heterocycles. The van der Waals surface area contributed by atoms with Gasteiger partial charge in [0.05, 0.1) is 0 Å². The van der Waals surface area contributed by atoms with Crippen LogP contribution in [-0.4, -0.2) is 0 Å². The highest BCUT2D eigenvalue weighted by Gasteiger charge is 1.82. The van der Waals surface area contributed by atoms with Gasteiger partial charge in [-0.25, -0.2) is 0 Å². The molecule has 0 aromatic heterocycles. The molecule has 0 aliphatic carbocycles. The van der Waals surface area contributed by atoms with E-state index < -0.39 is 0 Å². The van der Waals surface area contributed by atoms with E-state index in [1.165, 1.54) is 0 Å². The van der Waals surface area contributed by atoms with E-state index in [1.54, 1.807) is 0 Å². The Hall–Kier alpha value is -0.960. The summed E-state index contributed by atoms with van der Waals surface area (Å²) in [4.78, 5) is 0. The van der Waals surface area contributed by atoms with Crippen molar-refractivity contribution in [3.63, 3.8) is 0 Å². The van der Waals surface area contributed by atoms with Crippen LogP contribution < -0.4 is 0 Å². The zero-order valence-corrected chi connectivity index (χ0v) is 4.49. The Balaban J connectivity index is 3.90. The predicted molar refractivity (Wildman–Crippen MR) is 32.8 cm³/mol. The van der Waals surface area contributed by atoms with E-state index in [2.05, 4.69) is 19.1 Å². The van der Waals surface area contributed by atoms with Gasteiger partial charge >= 0.3 is 0 Å². The summed E-state index contributed by atoms with van der Waals surface area (Å²) < 4.78 is 0. The number of hydrogen-bond donors (Lipinski definition) is 0. The third-order valence-electron chi connectivity index (χ3n) is 0.689. The van der Waals surface area contributed by atoms with Gasteiger partial charge in [-0.05, 0) is 12.5 Å². The molecule has 0 atom stereocenters. The lowest BCUT2D eigenvalue weighted by molar-refractivity contribution is 1.50. The van der Waals surface area contributed by atoms with Crippen LogP contribution in [0.2, 0.25) is 0 Å². The molecular formula is C7H8. The Morgan fingerprint density at radius 1 is 1.57 bits per heavy atom. The Kier molecular flexibility index (Phi) is 1.95. The molecule has 0 N–H and O–H groups in total. The Morgan fingerprint density at radius 3 is 2.00 bits per heavy atom. The molecule has 36 valence electrons. The average molecular weight is 92.1 g/mol. The Morgan fingerprint density at radius 2 is 2.00 bits per heavy atom. The fraction of sp³-hybridized carbons (Fsp3) is 0.143. The minimum absolute atomic E-state index is 0.681. The molecule has 0 aromatic rings. The van der Waals surface area contributed by atoms with Gasteiger partial charge in [0.25, 0.3) is 0 Å². The predicted octanol–water partition coefficient (Wildman–Crippen LogP) is 1.75. The SMILES string of the molecule is C#CC(=C)C(=C)C. The van der Waals surface area contributed by atoms with Gasteiger partial charge in [0.1, 0.15) is 0 Å². The fourth-order valence-corrected chi connectivity index (χ4v) is 0.123. The molecule has 0 aliphatic rings. The molecule has 0 saturated heterocycles. The van der Waals surface area contributed by atoms with Crippen molar-refractivity contribution in [1.82, 2.24) is 0 Å². The van der Waals surface area contributed by atoms with Gasteiger partial charge in [-0.2, -0.15) is 0 Å². The molecular weight excluding hydrogens is 84.1 g/mol. The summed E-state index contributed by atoms with van der Waals surface area (Å²) in [6.45, 7) is 8.96. The fourth-order valence-electron chi connectivity index (χ4n) is 0.123. The van der Waals surface area contributed by atoms with E-state index in [0.717, 1.165) is 5.57 Å². The molecule has 0 spiro atoms. The third kappa shape index (κ3) is 1.83. The second kappa shape index (κ2) is 2.25. The van der Waals surface area contributed by atoms with Crippen molar-refractivity contribution in [2.45, 2.75) is 6.92 Å². The van der Waals surface area contributed by atoms with Crippen LogP contribution in [0.4, 0.5) is 0 Å². The molecule has 0 radical (unpaired) electrons. The standard InChI is InChI=1S/C7H8/c1-5-7(4)6(2)3/h1H,2,4H2,3H3. The van der Waals surface area contributed by atoms with Crippen LogP contribution in [0.1, 0.15) is 6.92 Å². The summed E-state index contributed by atoms with van der Waals surface area (Å²) in [5.41, 5.74) is 1.54. The van der Waals surface area contributed by atoms with E-state index in [1.807, 2.05) is 6.92 Å². The summed E-state index contributed by atoms with van der Waals surface area (Å²) in [6.07, 6.45) is 4.96. The van der Waals surface area contributed by atoms with Gasteiger partial charge in [-0.15, -0.1) is 6.42 Å². The number of hydrogen-bond acceptors (Lipinski definition) is 0. The van der Waals surface area contributed by atoms with Gasteiger partial charge < -0.3 is 0 Å². The van der Waals surface area contributed by atoms with Crippen LogP contribution in [0, 0.1) is 12.3 Å². The van der Waals surface area contributed by atoms with E-state index >= 15 is 0 Å². The Bertz CT molecular complexity index is 133. The topological polar surface area (TPSA) is 0 Å². The minimum Gasteiger partial charge on any atom is -0.115 e. The smallest absolute Gasteiger partial charge is 0.0194 e. The number of rotatable bonds is 1. The first kappa shape index (κ1) is 6.04. The van der Waals surface area contributed by atoms with Gasteiger partial charge in [-0.1, -0.05) is 19.1 Å². The van der Waals surface area contributed by atoms with Gasteiger partial charge in [-0.3, -0.25) is 0 Å². The van der Waals surface area contributed by atoms with Crippen LogP contribution in [0.15, 0.2) is 24.3 Å². The summed E-state index contributed by atoms with van der Waals surface area (Å²) in [5.74, 6) is 2.37. The molecule has 0 saturated carbocycles. The van der Waals surface area contributed by atoms with Crippen molar-refractivity contribution in [2.75, 3.05) is 0 Å². The monoisotopic (exact) mass is 92.1 g/mol. The average Bonchev–Trinajstić information content (AvgIpc) is 1.65.